The van der Waals surface area contributed by atoms with Gasteiger partial charge in [-0.25, -0.2) is 4.68 Å². The minimum absolute atomic E-state index is 0.0893. The van der Waals surface area contributed by atoms with Crippen LogP contribution in [0.3, 0.4) is 0 Å². The average Bonchev–Trinajstić information content (AvgIpc) is 3.77. The molecule has 3 aliphatic rings. The molecule has 0 saturated carbocycles. The summed E-state index contributed by atoms with van der Waals surface area (Å²) in [5, 5.41) is 19.1. The Labute approximate surface area is 274 Å². The monoisotopic (exact) mass is 693 g/mol. The largest absolute Gasteiger partial charge is 0.465 e. The van der Waals surface area contributed by atoms with E-state index >= 15 is 0 Å². The number of amides is 2. The fourth-order valence-corrected chi connectivity index (χ4v) is 10.8. The maximum atomic E-state index is 14.9. The smallest absolute Gasteiger partial charge is 0.310 e. The van der Waals surface area contributed by atoms with Gasteiger partial charge in [-0.15, -0.1) is 30.0 Å². The summed E-state index contributed by atoms with van der Waals surface area (Å²) >= 11 is 5.33. The first-order valence-corrected chi connectivity index (χ1v) is 16.9. The number of alkyl halides is 1. The molecule has 7 atom stereocenters. The van der Waals surface area contributed by atoms with Gasteiger partial charge in [0.15, 0.2) is 0 Å². The van der Waals surface area contributed by atoms with E-state index in [1.165, 1.54) is 11.8 Å². The van der Waals surface area contributed by atoms with Crippen molar-refractivity contribution in [2.45, 2.75) is 52.8 Å². The molecule has 12 heteroatoms. The summed E-state index contributed by atoms with van der Waals surface area (Å²) in [5.41, 5.74) is 2.40. The van der Waals surface area contributed by atoms with Crippen molar-refractivity contribution in [2.75, 3.05) is 19.8 Å². The Bertz CT molecular complexity index is 1600. The van der Waals surface area contributed by atoms with E-state index in [0.717, 1.165) is 11.1 Å². The molecule has 2 bridgehead atoms. The second kappa shape index (κ2) is 13.1. The molecule has 0 aliphatic carbocycles. The van der Waals surface area contributed by atoms with Gasteiger partial charge >= 0.3 is 5.97 Å². The van der Waals surface area contributed by atoms with Crippen molar-refractivity contribution in [3.05, 3.63) is 85.5 Å². The highest BCUT2D eigenvalue weighted by Crippen LogP contribution is 2.68. The van der Waals surface area contributed by atoms with Crippen molar-refractivity contribution in [1.29, 1.82) is 0 Å². The Kier molecular flexibility index (Phi) is 9.17. The third-order valence-corrected chi connectivity index (χ3v) is 12.3. The van der Waals surface area contributed by atoms with E-state index in [-0.39, 0.29) is 48.3 Å². The highest BCUT2D eigenvalue weighted by Gasteiger charge is 2.76. The van der Waals surface area contributed by atoms with Gasteiger partial charge in [0.2, 0.25) is 11.8 Å². The predicted octanol–water partition coefficient (Wildman–Crippen LogP) is 3.59. The number of ether oxygens (including phenoxy) is 1. The lowest BCUT2D eigenvalue weighted by Crippen LogP contribution is -2.58. The number of benzene rings is 2. The van der Waals surface area contributed by atoms with Crippen LogP contribution in [0.2, 0.25) is 0 Å². The third-order valence-electron chi connectivity index (χ3n) is 9.10. The van der Waals surface area contributed by atoms with Crippen LogP contribution in [0, 0.1) is 11.8 Å². The van der Waals surface area contributed by atoms with Crippen LogP contribution in [-0.2, 0) is 32.2 Å². The van der Waals surface area contributed by atoms with E-state index in [9.17, 15) is 19.5 Å². The van der Waals surface area contributed by atoms with Gasteiger partial charge in [-0.3, -0.25) is 14.4 Å². The normalized spacial score (nSPS) is 27.4. The Morgan fingerprint density at radius 2 is 1.93 bits per heavy atom. The van der Waals surface area contributed by atoms with Crippen LogP contribution < -0.4 is 0 Å². The molecule has 2 amide bonds. The quantitative estimate of drug-likeness (QED) is 0.125. The maximum absolute atomic E-state index is 14.9. The van der Waals surface area contributed by atoms with Gasteiger partial charge in [0.05, 0.1) is 41.4 Å². The molecule has 3 fully saturated rings. The molecule has 1 spiro atoms. The van der Waals surface area contributed by atoms with Gasteiger partial charge in [0.1, 0.15) is 18.2 Å². The summed E-state index contributed by atoms with van der Waals surface area (Å²) in [6.07, 6.45) is 4.69. The Morgan fingerprint density at radius 3 is 2.67 bits per heavy atom. The molecular weight excluding hydrogens is 658 g/mol. The van der Waals surface area contributed by atoms with Gasteiger partial charge in [-0.1, -0.05) is 75.8 Å². The summed E-state index contributed by atoms with van der Waals surface area (Å²) in [5.74, 6) is -2.52. The lowest BCUT2D eigenvalue weighted by atomic mass is 9.71. The van der Waals surface area contributed by atoms with Crippen LogP contribution >= 0.6 is 27.7 Å². The van der Waals surface area contributed by atoms with Crippen LogP contribution in [0.4, 0.5) is 0 Å². The molecule has 6 rings (SSSR count). The van der Waals surface area contributed by atoms with Crippen molar-refractivity contribution >= 4 is 56.5 Å². The van der Waals surface area contributed by atoms with Crippen LogP contribution in [0.25, 0.3) is 11.0 Å². The molecule has 1 N–H and O–H groups in total. The molecule has 3 aromatic rings. The zero-order valence-corrected chi connectivity index (χ0v) is 27.2. The number of likely N-dealkylation sites (tertiary alicyclic amines) is 1. The fraction of sp³-hybridized carbons (Fsp3) is 0.424. The summed E-state index contributed by atoms with van der Waals surface area (Å²) in [6, 6.07) is 15.5. The number of carbonyl (C=O) groups is 3. The predicted molar refractivity (Wildman–Crippen MR) is 175 cm³/mol. The standard InChI is InChI=1S/C33H36BrN5O5S/c1-3-5-16-44-32(43)26-27-30(41)39(22(19-40)17-21-11-7-6-8-12-21)29(33(27)18-23(34)28(26)45-33)31(42)37(15-4-2)20-38-25-14-10-9-13-24(25)35-36-38/h3-4,6-14,22-23,26-29,40H,1-2,5,15-20H2/t22-,23?,26+,27+,28+,29?,33?/m1/s1. The topological polar surface area (TPSA) is 118 Å². The minimum Gasteiger partial charge on any atom is -0.465 e. The molecule has 3 unspecified atom stereocenters. The molecule has 45 heavy (non-hydrogen) atoms. The summed E-state index contributed by atoms with van der Waals surface area (Å²) < 4.78 is 6.40. The van der Waals surface area contributed by atoms with Crippen molar-refractivity contribution in [3.63, 3.8) is 0 Å². The number of carbonyl (C=O) groups excluding carboxylic acids is 3. The number of aliphatic hydroxyl groups excluding tert-OH is 1. The van der Waals surface area contributed by atoms with Gasteiger partial charge in [-0.05, 0) is 37.0 Å². The number of nitrogens with zero attached hydrogens (tertiary/aromatic N) is 5. The molecule has 3 aliphatic heterocycles. The fourth-order valence-electron chi connectivity index (χ4n) is 7.22. The Balaban J connectivity index is 1.41. The lowest BCUT2D eigenvalue weighted by Gasteiger charge is -2.39. The third kappa shape index (κ3) is 5.50. The highest BCUT2D eigenvalue weighted by molar-refractivity contribution is 9.09. The zero-order chi connectivity index (χ0) is 31.7. The van der Waals surface area contributed by atoms with E-state index < -0.39 is 34.6 Å². The zero-order valence-electron chi connectivity index (χ0n) is 24.8. The van der Waals surface area contributed by atoms with Crippen LogP contribution in [0.5, 0.6) is 0 Å². The van der Waals surface area contributed by atoms with Crippen molar-refractivity contribution < 1.29 is 24.2 Å². The number of hydrogen-bond donors (Lipinski definition) is 1. The number of halogens is 1. The lowest BCUT2D eigenvalue weighted by molar-refractivity contribution is -0.154. The van der Waals surface area contributed by atoms with Crippen molar-refractivity contribution in [3.8, 4) is 0 Å². The Hall–Kier alpha value is -3.48. The average molecular weight is 695 g/mol. The van der Waals surface area contributed by atoms with E-state index in [2.05, 4.69) is 39.4 Å². The molecule has 2 aromatic carbocycles. The second-order valence-electron chi connectivity index (χ2n) is 11.7. The minimum atomic E-state index is -0.938. The van der Waals surface area contributed by atoms with E-state index in [1.807, 2.05) is 54.6 Å². The second-order valence-corrected chi connectivity index (χ2v) is 14.5. The number of aliphatic hydroxyl groups is 1. The number of aromatic nitrogens is 3. The van der Waals surface area contributed by atoms with Crippen molar-refractivity contribution in [2.24, 2.45) is 11.8 Å². The molecule has 236 valence electrons. The number of rotatable bonds is 13. The van der Waals surface area contributed by atoms with Gasteiger partial charge in [0.25, 0.3) is 0 Å². The number of esters is 1. The molecule has 10 nitrogen and oxygen atoms in total. The molecule has 0 radical (unpaired) electrons. The van der Waals surface area contributed by atoms with E-state index in [0.29, 0.717) is 24.8 Å². The molecule has 3 saturated heterocycles. The first kappa shape index (κ1) is 31.5. The number of thioether (sulfide) groups is 1. The summed E-state index contributed by atoms with van der Waals surface area (Å²) in [4.78, 5) is 46.3. The number of hydrogen-bond acceptors (Lipinski definition) is 8. The molecule has 4 heterocycles. The number of fused-ring (bicyclic) bond motifs is 2. The van der Waals surface area contributed by atoms with Crippen molar-refractivity contribution in [1.82, 2.24) is 24.8 Å². The van der Waals surface area contributed by atoms with E-state index in [1.54, 1.807) is 26.6 Å². The van der Waals surface area contributed by atoms with Crippen LogP contribution in [0.1, 0.15) is 18.4 Å². The van der Waals surface area contributed by atoms with Crippen LogP contribution in [-0.4, -0.2) is 94.4 Å². The Morgan fingerprint density at radius 1 is 1.18 bits per heavy atom. The first-order chi connectivity index (χ1) is 21.8. The van der Waals surface area contributed by atoms with Gasteiger partial charge in [-0.2, -0.15) is 0 Å². The SMILES string of the molecule is C=CCCOC(=O)[C@H]1[C@H]2C(=O)N([C@@H](CO)Cc3ccccc3)C(C(=O)N(CC=C)Cn3nnc4ccccc43)C23CC(Br)[C@@H]1S3. The summed E-state index contributed by atoms with van der Waals surface area (Å²) in [6.45, 7) is 7.72. The first-order valence-electron chi connectivity index (χ1n) is 15.1. The maximum Gasteiger partial charge on any atom is 0.310 e. The highest BCUT2D eigenvalue weighted by atomic mass is 79.9. The van der Waals surface area contributed by atoms with E-state index in [4.69, 9.17) is 4.74 Å². The molecular formula is C33H36BrN5O5S. The van der Waals surface area contributed by atoms with Gasteiger partial charge < -0.3 is 19.6 Å². The molecule has 1 aromatic heterocycles. The number of para-hydroxylation sites is 1. The summed E-state index contributed by atoms with van der Waals surface area (Å²) in [7, 11) is 0. The van der Waals surface area contributed by atoms with Gasteiger partial charge in [0, 0.05) is 16.6 Å². The van der Waals surface area contributed by atoms with Crippen LogP contribution in [0.15, 0.2) is 79.9 Å².